The van der Waals surface area contributed by atoms with Gasteiger partial charge in [0.15, 0.2) is 11.5 Å². The highest BCUT2D eigenvalue weighted by atomic mass is 16.6. The third kappa shape index (κ3) is 4.36. The topological polar surface area (TPSA) is 65.8 Å². The molecule has 0 aromatic heterocycles. The quantitative estimate of drug-likeness (QED) is 0.754. The number of para-hydroxylation sites is 1. The van der Waals surface area contributed by atoms with Crippen molar-refractivity contribution >= 4 is 11.6 Å². The van der Waals surface area contributed by atoms with Crippen molar-refractivity contribution in [3.8, 4) is 17.6 Å². The zero-order chi connectivity index (χ0) is 20.1. The molecule has 2 aromatic rings. The summed E-state index contributed by atoms with van der Waals surface area (Å²) in [4.78, 5) is 17.1. The van der Waals surface area contributed by atoms with E-state index >= 15 is 0 Å². The van der Waals surface area contributed by atoms with Crippen molar-refractivity contribution in [3.63, 3.8) is 0 Å². The average molecular weight is 391 g/mol. The minimum Gasteiger partial charge on any atom is -0.486 e. The Morgan fingerprint density at radius 1 is 1.14 bits per heavy atom. The van der Waals surface area contributed by atoms with Gasteiger partial charge in [-0.25, -0.2) is 0 Å². The monoisotopic (exact) mass is 391 g/mol. The van der Waals surface area contributed by atoms with Gasteiger partial charge in [0.25, 0.3) is 0 Å². The smallest absolute Gasteiger partial charge is 0.241 e. The number of carbonyl (C=O) groups is 1. The molecule has 0 N–H and O–H groups in total. The first kappa shape index (κ1) is 19.3. The summed E-state index contributed by atoms with van der Waals surface area (Å²) < 4.78 is 11.4. The third-order valence-corrected chi connectivity index (χ3v) is 5.47. The maximum Gasteiger partial charge on any atom is 0.241 e. The fourth-order valence-corrected chi connectivity index (χ4v) is 4.09. The summed E-state index contributed by atoms with van der Waals surface area (Å²) in [6, 6.07) is 18.0. The van der Waals surface area contributed by atoms with E-state index in [0.717, 1.165) is 42.1 Å². The van der Waals surface area contributed by atoms with Gasteiger partial charge in [0.05, 0.1) is 19.0 Å². The number of fused-ring (bicyclic) bond motifs is 1. The number of carbonyl (C=O) groups excluding carboxylic acids is 1. The molecule has 1 amide bonds. The SMILES string of the molecule is N#CCCN(C(=O)CN1CCC[C@@H]1c1ccc2c(c1)OCCO2)c1ccccc1. The predicted octanol–water partition coefficient (Wildman–Crippen LogP) is 3.54. The van der Waals surface area contributed by atoms with Crippen LogP contribution in [0.3, 0.4) is 0 Å². The Kier molecular flexibility index (Phi) is 5.97. The summed E-state index contributed by atoms with van der Waals surface area (Å²) in [6.45, 7) is 2.76. The predicted molar refractivity (Wildman–Crippen MR) is 110 cm³/mol. The van der Waals surface area contributed by atoms with Crippen LogP contribution in [0.2, 0.25) is 0 Å². The van der Waals surface area contributed by atoms with E-state index in [1.807, 2.05) is 42.5 Å². The van der Waals surface area contributed by atoms with Crippen molar-refractivity contribution in [3.05, 3.63) is 54.1 Å². The van der Waals surface area contributed by atoms with Gasteiger partial charge >= 0.3 is 0 Å². The molecule has 1 saturated heterocycles. The Morgan fingerprint density at radius 2 is 1.93 bits per heavy atom. The van der Waals surface area contributed by atoms with Gasteiger partial charge in [-0.05, 0) is 49.2 Å². The Balaban J connectivity index is 1.50. The summed E-state index contributed by atoms with van der Waals surface area (Å²) in [7, 11) is 0. The lowest BCUT2D eigenvalue weighted by Crippen LogP contribution is -2.40. The summed E-state index contributed by atoms with van der Waals surface area (Å²) in [6.07, 6.45) is 2.37. The molecule has 0 saturated carbocycles. The van der Waals surface area contributed by atoms with Crippen LogP contribution in [0.25, 0.3) is 0 Å². The van der Waals surface area contributed by atoms with Crippen molar-refractivity contribution in [2.45, 2.75) is 25.3 Å². The van der Waals surface area contributed by atoms with Crippen LogP contribution in [-0.4, -0.2) is 43.7 Å². The van der Waals surface area contributed by atoms with E-state index in [1.54, 1.807) is 4.90 Å². The normalized spacial score (nSPS) is 18.2. The number of ether oxygens (including phenoxy) is 2. The number of anilines is 1. The zero-order valence-corrected chi connectivity index (χ0v) is 16.4. The van der Waals surface area contributed by atoms with Gasteiger partial charge in [0.2, 0.25) is 5.91 Å². The molecule has 6 heteroatoms. The second kappa shape index (κ2) is 8.97. The highest BCUT2D eigenvalue weighted by Gasteiger charge is 2.30. The highest BCUT2D eigenvalue weighted by Crippen LogP contribution is 2.38. The Bertz CT molecular complexity index is 894. The van der Waals surface area contributed by atoms with Crippen LogP contribution in [0.5, 0.6) is 11.5 Å². The number of benzene rings is 2. The van der Waals surface area contributed by atoms with Gasteiger partial charge in [-0.3, -0.25) is 9.69 Å². The molecular weight excluding hydrogens is 366 g/mol. The molecule has 4 rings (SSSR count). The van der Waals surface area contributed by atoms with Crippen LogP contribution in [0.4, 0.5) is 5.69 Å². The van der Waals surface area contributed by atoms with E-state index in [0.29, 0.717) is 32.7 Å². The van der Waals surface area contributed by atoms with Crippen molar-refractivity contribution in [2.24, 2.45) is 0 Å². The lowest BCUT2D eigenvalue weighted by Gasteiger charge is -2.29. The van der Waals surface area contributed by atoms with Gasteiger partial charge in [0, 0.05) is 18.3 Å². The molecule has 0 unspecified atom stereocenters. The van der Waals surface area contributed by atoms with Crippen LogP contribution in [0.1, 0.15) is 30.9 Å². The average Bonchev–Trinajstić information content (AvgIpc) is 3.22. The van der Waals surface area contributed by atoms with Crippen LogP contribution in [-0.2, 0) is 4.79 Å². The molecule has 0 bridgehead atoms. The van der Waals surface area contributed by atoms with E-state index in [9.17, 15) is 4.79 Å². The third-order valence-electron chi connectivity index (χ3n) is 5.47. The first-order valence-electron chi connectivity index (χ1n) is 10.1. The van der Waals surface area contributed by atoms with E-state index in [2.05, 4.69) is 17.0 Å². The number of nitriles is 1. The first-order chi connectivity index (χ1) is 14.3. The van der Waals surface area contributed by atoms with Crippen molar-refractivity contribution in [1.29, 1.82) is 5.26 Å². The molecule has 2 heterocycles. The molecular formula is C23H25N3O3. The second-order valence-corrected chi connectivity index (χ2v) is 7.32. The Hall–Kier alpha value is -3.04. The minimum atomic E-state index is 0.0240. The number of amides is 1. The molecule has 2 aliphatic heterocycles. The zero-order valence-electron chi connectivity index (χ0n) is 16.4. The maximum atomic E-state index is 13.1. The highest BCUT2D eigenvalue weighted by molar-refractivity contribution is 5.94. The summed E-state index contributed by atoms with van der Waals surface area (Å²) in [5, 5.41) is 9.00. The summed E-state index contributed by atoms with van der Waals surface area (Å²) in [5.41, 5.74) is 1.99. The lowest BCUT2D eigenvalue weighted by molar-refractivity contribution is -0.120. The van der Waals surface area contributed by atoms with Crippen LogP contribution >= 0.6 is 0 Å². The number of hydrogen-bond donors (Lipinski definition) is 0. The first-order valence-corrected chi connectivity index (χ1v) is 10.1. The van der Waals surface area contributed by atoms with Crippen molar-refractivity contribution in [2.75, 3.05) is 37.7 Å². The van der Waals surface area contributed by atoms with Crippen LogP contribution < -0.4 is 14.4 Å². The molecule has 2 aromatic carbocycles. The molecule has 1 atom stereocenters. The van der Waals surface area contributed by atoms with Crippen molar-refractivity contribution in [1.82, 2.24) is 4.90 Å². The van der Waals surface area contributed by atoms with Gasteiger partial charge in [-0.15, -0.1) is 0 Å². The fourth-order valence-electron chi connectivity index (χ4n) is 4.09. The maximum absolute atomic E-state index is 13.1. The molecule has 150 valence electrons. The van der Waals surface area contributed by atoms with Crippen LogP contribution in [0, 0.1) is 11.3 Å². The van der Waals surface area contributed by atoms with Crippen LogP contribution in [0.15, 0.2) is 48.5 Å². The van der Waals surface area contributed by atoms with Crippen molar-refractivity contribution < 1.29 is 14.3 Å². The van der Waals surface area contributed by atoms with Gasteiger partial charge < -0.3 is 14.4 Å². The minimum absolute atomic E-state index is 0.0240. The van der Waals surface area contributed by atoms with Gasteiger partial charge in [-0.1, -0.05) is 24.3 Å². The molecule has 6 nitrogen and oxygen atoms in total. The number of rotatable bonds is 6. The number of nitrogens with zero attached hydrogens (tertiary/aromatic N) is 3. The van der Waals surface area contributed by atoms with E-state index in [1.165, 1.54) is 0 Å². The second-order valence-electron chi connectivity index (χ2n) is 7.32. The largest absolute Gasteiger partial charge is 0.486 e. The molecule has 0 aliphatic carbocycles. The Labute approximate surface area is 171 Å². The molecule has 0 radical (unpaired) electrons. The summed E-state index contributed by atoms with van der Waals surface area (Å²) >= 11 is 0. The number of likely N-dealkylation sites (tertiary alicyclic amines) is 1. The molecule has 0 spiro atoms. The Morgan fingerprint density at radius 3 is 2.72 bits per heavy atom. The van der Waals surface area contributed by atoms with E-state index < -0.39 is 0 Å². The van der Waals surface area contributed by atoms with Gasteiger partial charge in [-0.2, -0.15) is 5.26 Å². The van der Waals surface area contributed by atoms with Gasteiger partial charge in [0.1, 0.15) is 13.2 Å². The molecule has 29 heavy (non-hydrogen) atoms. The van der Waals surface area contributed by atoms with E-state index in [4.69, 9.17) is 14.7 Å². The molecule has 1 fully saturated rings. The standard InChI is InChI=1S/C23H25N3O3/c24-11-5-13-26(19-6-2-1-3-7-19)23(27)17-25-12-4-8-20(25)18-9-10-21-22(16-18)29-15-14-28-21/h1-3,6-7,9-10,16,20H,4-5,8,12-15,17H2/t20-/m1/s1. The molecule has 2 aliphatic rings. The van der Waals surface area contributed by atoms with E-state index in [-0.39, 0.29) is 11.9 Å². The number of hydrogen-bond acceptors (Lipinski definition) is 5. The summed E-state index contributed by atoms with van der Waals surface area (Å²) in [5.74, 6) is 1.59. The fraction of sp³-hybridized carbons (Fsp3) is 0.391. The lowest BCUT2D eigenvalue weighted by atomic mass is 10.0.